The molecule has 0 aliphatic heterocycles. The van der Waals surface area contributed by atoms with Crippen molar-refractivity contribution in [3.8, 4) is 5.75 Å². The van der Waals surface area contributed by atoms with Crippen molar-refractivity contribution >= 4 is 34.7 Å². The third-order valence-corrected chi connectivity index (χ3v) is 5.05. The molecule has 4 rings (SSSR count). The first-order valence-electron chi connectivity index (χ1n) is 10.6. The molecule has 1 aromatic heterocycles. The molecule has 0 unspecified atom stereocenters. The molecule has 0 spiro atoms. The van der Waals surface area contributed by atoms with E-state index in [1.165, 1.54) is 6.07 Å². The van der Waals surface area contributed by atoms with E-state index < -0.39 is 5.82 Å². The van der Waals surface area contributed by atoms with Crippen molar-refractivity contribution in [3.63, 3.8) is 0 Å². The number of methoxy groups -OCH3 is 1. The van der Waals surface area contributed by atoms with E-state index in [9.17, 15) is 9.18 Å². The van der Waals surface area contributed by atoms with E-state index in [-0.39, 0.29) is 11.5 Å². The summed E-state index contributed by atoms with van der Waals surface area (Å²) in [5, 5.41) is 9.19. The van der Waals surface area contributed by atoms with Crippen LogP contribution in [0.1, 0.15) is 21.6 Å². The average Bonchev–Trinajstić information content (AvgIpc) is 2.82. The fourth-order valence-corrected chi connectivity index (χ4v) is 3.21. The number of carbonyl (C=O) groups excluding carboxylic acids is 1. The van der Waals surface area contributed by atoms with Crippen LogP contribution in [0.3, 0.4) is 0 Å². The lowest BCUT2D eigenvalue weighted by Crippen LogP contribution is -2.12. The monoisotopic (exact) mass is 457 g/mol. The molecule has 3 aromatic carbocycles. The highest BCUT2D eigenvalue weighted by Crippen LogP contribution is 2.22. The molecule has 7 nitrogen and oxygen atoms in total. The summed E-state index contributed by atoms with van der Waals surface area (Å²) in [6.45, 7) is 3.54. The maximum atomic E-state index is 13.7. The summed E-state index contributed by atoms with van der Waals surface area (Å²) in [5.74, 6) is 1.07. The Kier molecular flexibility index (Phi) is 6.68. The van der Waals surface area contributed by atoms with Gasteiger partial charge in [-0.3, -0.25) is 4.79 Å². The Bertz CT molecular complexity index is 1310. The minimum absolute atomic E-state index is 0.260. The third-order valence-electron chi connectivity index (χ3n) is 5.05. The molecule has 3 N–H and O–H groups in total. The Hall–Kier alpha value is -4.46. The zero-order valence-corrected chi connectivity index (χ0v) is 19.0. The molecule has 1 amide bonds. The minimum Gasteiger partial charge on any atom is -0.497 e. The fraction of sp³-hybridized carbons (Fsp3) is 0.115. The number of nitrogens with one attached hydrogen (secondary N) is 3. The number of rotatable bonds is 7. The van der Waals surface area contributed by atoms with E-state index >= 15 is 0 Å². The number of aromatic nitrogens is 2. The van der Waals surface area contributed by atoms with E-state index in [4.69, 9.17) is 4.74 Å². The first kappa shape index (κ1) is 22.7. The highest BCUT2D eigenvalue weighted by molar-refractivity contribution is 6.04. The van der Waals surface area contributed by atoms with Gasteiger partial charge in [-0.05, 0) is 80.1 Å². The lowest BCUT2D eigenvalue weighted by atomic mass is 10.1. The van der Waals surface area contributed by atoms with Crippen LogP contribution < -0.4 is 20.7 Å². The van der Waals surface area contributed by atoms with Gasteiger partial charge in [0.15, 0.2) is 0 Å². The van der Waals surface area contributed by atoms with Gasteiger partial charge in [0.25, 0.3) is 5.91 Å². The largest absolute Gasteiger partial charge is 0.497 e. The smallest absolute Gasteiger partial charge is 0.255 e. The highest BCUT2D eigenvalue weighted by Gasteiger charge is 2.09. The van der Waals surface area contributed by atoms with Crippen molar-refractivity contribution in [2.75, 3.05) is 23.1 Å². The predicted octanol–water partition coefficient (Wildman–Crippen LogP) is 5.98. The summed E-state index contributed by atoms with van der Waals surface area (Å²) < 4.78 is 18.9. The van der Waals surface area contributed by atoms with Crippen LogP contribution in [0.2, 0.25) is 0 Å². The first-order valence-corrected chi connectivity index (χ1v) is 10.6. The minimum atomic E-state index is -0.411. The number of amides is 1. The van der Waals surface area contributed by atoms with Crippen LogP contribution in [-0.4, -0.2) is 23.0 Å². The second-order valence-electron chi connectivity index (χ2n) is 7.69. The van der Waals surface area contributed by atoms with Crippen LogP contribution in [0.5, 0.6) is 5.75 Å². The number of hydrogen-bond acceptors (Lipinski definition) is 6. The van der Waals surface area contributed by atoms with E-state index in [0.717, 1.165) is 22.8 Å². The number of halogens is 1. The quantitative estimate of drug-likeness (QED) is 0.316. The van der Waals surface area contributed by atoms with Crippen molar-refractivity contribution in [2.24, 2.45) is 0 Å². The van der Waals surface area contributed by atoms with Crippen molar-refractivity contribution in [2.45, 2.75) is 13.8 Å². The molecule has 1 heterocycles. The normalized spacial score (nSPS) is 10.5. The molecule has 4 aromatic rings. The Morgan fingerprint density at radius 3 is 2.15 bits per heavy atom. The van der Waals surface area contributed by atoms with E-state index in [2.05, 4.69) is 25.9 Å². The van der Waals surface area contributed by atoms with Crippen molar-refractivity contribution in [1.29, 1.82) is 0 Å². The summed E-state index contributed by atoms with van der Waals surface area (Å²) >= 11 is 0. The van der Waals surface area contributed by atoms with Gasteiger partial charge in [0, 0.05) is 34.4 Å². The average molecular weight is 458 g/mol. The van der Waals surface area contributed by atoms with Crippen LogP contribution in [0, 0.1) is 19.7 Å². The van der Waals surface area contributed by atoms with E-state index in [1.807, 2.05) is 37.3 Å². The Morgan fingerprint density at radius 1 is 0.824 bits per heavy atom. The van der Waals surface area contributed by atoms with Crippen molar-refractivity contribution in [1.82, 2.24) is 9.97 Å². The Morgan fingerprint density at radius 2 is 1.47 bits per heavy atom. The Labute approximate surface area is 197 Å². The molecule has 8 heteroatoms. The molecule has 0 saturated carbocycles. The molecule has 0 fully saturated rings. The van der Waals surface area contributed by atoms with Gasteiger partial charge < -0.3 is 20.7 Å². The van der Waals surface area contributed by atoms with Crippen LogP contribution in [0.15, 0.2) is 72.8 Å². The number of aryl methyl sites for hydroxylation is 2. The molecule has 34 heavy (non-hydrogen) atoms. The van der Waals surface area contributed by atoms with Crippen molar-refractivity contribution in [3.05, 3.63) is 95.4 Å². The standard InChI is InChI=1S/C26H24FN5O2/c1-16-4-5-18(15-23(16)27)25(33)30-20-6-8-21(9-7-20)31-26-28-17(2)14-24(32-26)29-19-10-12-22(34-3)13-11-19/h4-15H,1-3H3,(H,30,33)(H2,28,29,31,32). The maximum Gasteiger partial charge on any atom is 0.255 e. The summed E-state index contributed by atoms with van der Waals surface area (Å²) in [6, 6.07) is 20.9. The maximum absolute atomic E-state index is 13.7. The molecule has 172 valence electrons. The molecule has 0 aliphatic rings. The number of hydrogen-bond donors (Lipinski definition) is 3. The molecule has 0 aliphatic carbocycles. The fourth-order valence-electron chi connectivity index (χ4n) is 3.21. The van der Waals surface area contributed by atoms with Crippen molar-refractivity contribution < 1.29 is 13.9 Å². The molecular formula is C26H24FN5O2. The van der Waals surface area contributed by atoms with Crippen LogP contribution >= 0.6 is 0 Å². The highest BCUT2D eigenvalue weighted by atomic mass is 19.1. The van der Waals surface area contributed by atoms with E-state index in [1.54, 1.807) is 50.4 Å². The van der Waals surface area contributed by atoms with Crippen LogP contribution in [0.4, 0.5) is 33.2 Å². The molecule has 0 saturated heterocycles. The van der Waals surface area contributed by atoms with Gasteiger partial charge in [0.2, 0.25) is 5.95 Å². The topological polar surface area (TPSA) is 88.2 Å². The van der Waals surface area contributed by atoms with Crippen LogP contribution in [0.25, 0.3) is 0 Å². The summed E-state index contributed by atoms with van der Waals surface area (Å²) in [7, 11) is 1.62. The second-order valence-corrected chi connectivity index (χ2v) is 7.69. The number of anilines is 5. The zero-order chi connectivity index (χ0) is 24.1. The molecule has 0 bridgehead atoms. The van der Waals surface area contributed by atoms with Gasteiger partial charge >= 0.3 is 0 Å². The van der Waals surface area contributed by atoms with Crippen LogP contribution in [-0.2, 0) is 0 Å². The third kappa shape index (κ3) is 5.66. The summed E-state index contributed by atoms with van der Waals surface area (Å²) in [6.07, 6.45) is 0. The second kappa shape index (κ2) is 9.99. The van der Waals surface area contributed by atoms with Gasteiger partial charge in [-0.1, -0.05) is 6.07 Å². The summed E-state index contributed by atoms with van der Waals surface area (Å²) in [4.78, 5) is 21.3. The predicted molar refractivity (Wildman–Crippen MR) is 132 cm³/mol. The van der Waals surface area contributed by atoms with Gasteiger partial charge in [-0.2, -0.15) is 4.98 Å². The molecule has 0 atom stereocenters. The lowest BCUT2D eigenvalue weighted by Gasteiger charge is -2.11. The van der Waals surface area contributed by atoms with E-state index in [0.29, 0.717) is 23.0 Å². The van der Waals surface area contributed by atoms with Gasteiger partial charge in [0.05, 0.1) is 7.11 Å². The van der Waals surface area contributed by atoms with Gasteiger partial charge in [-0.15, -0.1) is 0 Å². The first-order chi connectivity index (χ1) is 16.4. The SMILES string of the molecule is COc1ccc(Nc2cc(C)nc(Nc3ccc(NC(=O)c4ccc(C)c(F)c4)cc3)n2)cc1. The number of nitrogens with zero attached hydrogens (tertiary/aromatic N) is 2. The lowest BCUT2D eigenvalue weighted by molar-refractivity contribution is 0.102. The summed E-state index contributed by atoms with van der Waals surface area (Å²) in [5.41, 5.74) is 3.76. The van der Waals surface area contributed by atoms with Gasteiger partial charge in [-0.25, -0.2) is 9.37 Å². The Balaban J connectivity index is 1.42. The number of carbonyl (C=O) groups is 1. The number of ether oxygens (including phenoxy) is 1. The molecular weight excluding hydrogens is 433 g/mol. The zero-order valence-electron chi connectivity index (χ0n) is 19.0. The number of benzene rings is 3. The molecule has 0 radical (unpaired) electrons. The van der Waals surface area contributed by atoms with Gasteiger partial charge in [0.1, 0.15) is 17.4 Å².